The van der Waals surface area contributed by atoms with Gasteiger partial charge < -0.3 is 15.0 Å². The topological polar surface area (TPSA) is 111 Å². The SMILES string of the molecule is O=C(OCC(=O)N1CCC(C(=O)Nc2ccccc2)CC1)c1ccc(=O)n(Cc2ccccc2)n1. The summed E-state index contributed by atoms with van der Waals surface area (Å²) in [6, 6.07) is 21.0. The van der Waals surface area contributed by atoms with Crippen molar-refractivity contribution in [3.8, 4) is 0 Å². The number of hydrogen-bond donors (Lipinski definition) is 1. The second-order valence-corrected chi connectivity index (χ2v) is 8.29. The van der Waals surface area contributed by atoms with Crippen LogP contribution in [0.5, 0.6) is 0 Å². The molecule has 1 saturated heterocycles. The molecule has 4 rings (SSSR count). The Bertz CT molecular complexity index is 1240. The zero-order valence-electron chi connectivity index (χ0n) is 19.1. The highest BCUT2D eigenvalue weighted by molar-refractivity contribution is 5.93. The molecular weight excluding hydrogens is 448 g/mol. The van der Waals surface area contributed by atoms with Crippen molar-refractivity contribution in [1.29, 1.82) is 0 Å². The van der Waals surface area contributed by atoms with Gasteiger partial charge in [0, 0.05) is 30.8 Å². The largest absolute Gasteiger partial charge is 0.451 e. The lowest BCUT2D eigenvalue weighted by Gasteiger charge is -2.31. The summed E-state index contributed by atoms with van der Waals surface area (Å²) in [4.78, 5) is 51.1. The maximum absolute atomic E-state index is 12.5. The zero-order valence-corrected chi connectivity index (χ0v) is 19.1. The predicted molar refractivity (Wildman–Crippen MR) is 129 cm³/mol. The third-order valence-corrected chi connectivity index (χ3v) is 5.84. The molecule has 9 heteroatoms. The number of nitrogens with zero attached hydrogens (tertiary/aromatic N) is 3. The molecule has 1 aliphatic heterocycles. The lowest BCUT2D eigenvalue weighted by atomic mass is 9.95. The second-order valence-electron chi connectivity index (χ2n) is 8.29. The van der Waals surface area contributed by atoms with E-state index in [2.05, 4.69) is 10.4 Å². The van der Waals surface area contributed by atoms with Crippen LogP contribution >= 0.6 is 0 Å². The first-order chi connectivity index (χ1) is 17.0. The molecule has 1 N–H and O–H groups in total. The molecule has 35 heavy (non-hydrogen) atoms. The van der Waals surface area contributed by atoms with Crippen molar-refractivity contribution in [1.82, 2.24) is 14.7 Å². The minimum Gasteiger partial charge on any atom is -0.451 e. The Balaban J connectivity index is 1.26. The molecule has 0 radical (unpaired) electrons. The maximum atomic E-state index is 12.5. The van der Waals surface area contributed by atoms with Crippen molar-refractivity contribution in [2.24, 2.45) is 5.92 Å². The van der Waals surface area contributed by atoms with Gasteiger partial charge in [-0.15, -0.1) is 0 Å². The van der Waals surface area contributed by atoms with E-state index in [-0.39, 0.29) is 35.5 Å². The molecule has 3 aromatic rings. The highest BCUT2D eigenvalue weighted by atomic mass is 16.5. The molecule has 180 valence electrons. The van der Waals surface area contributed by atoms with Crippen LogP contribution in [0, 0.1) is 5.92 Å². The Kier molecular flexibility index (Phi) is 7.67. The molecule has 2 heterocycles. The smallest absolute Gasteiger partial charge is 0.359 e. The number of rotatable bonds is 7. The van der Waals surface area contributed by atoms with Crippen molar-refractivity contribution in [3.63, 3.8) is 0 Å². The monoisotopic (exact) mass is 474 g/mol. The summed E-state index contributed by atoms with van der Waals surface area (Å²) in [5.41, 5.74) is 1.21. The fourth-order valence-electron chi connectivity index (χ4n) is 3.88. The summed E-state index contributed by atoms with van der Waals surface area (Å²) in [5.74, 6) is -1.36. The number of carbonyl (C=O) groups excluding carboxylic acids is 3. The van der Waals surface area contributed by atoms with Gasteiger partial charge in [-0.1, -0.05) is 48.5 Å². The maximum Gasteiger partial charge on any atom is 0.359 e. The van der Waals surface area contributed by atoms with Crippen molar-refractivity contribution >= 4 is 23.5 Å². The number of hydrogen-bond acceptors (Lipinski definition) is 6. The Morgan fingerprint density at radius 3 is 2.26 bits per heavy atom. The van der Waals surface area contributed by atoms with Crippen LogP contribution < -0.4 is 10.9 Å². The third kappa shape index (κ3) is 6.41. The van der Waals surface area contributed by atoms with Gasteiger partial charge in [-0.2, -0.15) is 5.10 Å². The number of anilines is 1. The van der Waals surface area contributed by atoms with Gasteiger partial charge in [-0.05, 0) is 36.6 Å². The van der Waals surface area contributed by atoms with Crippen LogP contribution in [0.3, 0.4) is 0 Å². The summed E-state index contributed by atoms with van der Waals surface area (Å²) in [5, 5.41) is 6.98. The standard InChI is InChI=1S/C26H26N4O5/c31-23-12-11-22(28-30(23)17-19-7-3-1-4-8-19)26(34)35-18-24(32)29-15-13-20(14-16-29)25(33)27-21-9-5-2-6-10-21/h1-12,20H,13-18H2,(H,27,33). The predicted octanol–water partition coefficient (Wildman–Crippen LogP) is 2.33. The summed E-state index contributed by atoms with van der Waals surface area (Å²) >= 11 is 0. The normalized spacial score (nSPS) is 13.8. The second kappa shape index (κ2) is 11.2. The first-order valence-corrected chi connectivity index (χ1v) is 11.4. The van der Waals surface area contributed by atoms with Crippen molar-refractivity contribution in [3.05, 3.63) is 94.4 Å². The molecular formula is C26H26N4O5. The van der Waals surface area contributed by atoms with E-state index < -0.39 is 12.6 Å². The minimum absolute atomic E-state index is 0.0513. The van der Waals surface area contributed by atoms with Crippen LogP contribution in [0.2, 0.25) is 0 Å². The van der Waals surface area contributed by atoms with E-state index in [1.807, 2.05) is 60.7 Å². The number of amides is 2. The number of ether oxygens (including phenoxy) is 1. The fraction of sp³-hybridized carbons (Fsp3) is 0.269. The van der Waals surface area contributed by atoms with Gasteiger partial charge in [-0.25, -0.2) is 9.48 Å². The summed E-state index contributed by atoms with van der Waals surface area (Å²) in [6.07, 6.45) is 1.06. The molecule has 0 saturated carbocycles. The van der Waals surface area contributed by atoms with E-state index in [0.717, 1.165) is 11.3 Å². The average molecular weight is 475 g/mol. The molecule has 1 aromatic heterocycles. The third-order valence-electron chi connectivity index (χ3n) is 5.84. The Hall–Kier alpha value is -4.27. The van der Waals surface area contributed by atoms with E-state index in [1.165, 1.54) is 16.8 Å². The molecule has 2 amide bonds. The number of aromatic nitrogens is 2. The van der Waals surface area contributed by atoms with Crippen molar-refractivity contribution in [2.45, 2.75) is 19.4 Å². The number of nitrogens with one attached hydrogen (secondary N) is 1. The van der Waals surface area contributed by atoms with Crippen LogP contribution in [-0.4, -0.2) is 52.2 Å². The number of piperidine rings is 1. The number of carbonyl (C=O) groups is 3. The number of esters is 1. The highest BCUT2D eigenvalue weighted by Crippen LogP contribution is 2.19. The fourth-order valence-corrected chi connectivity index (χ4v) is 3.88. The van der Waals surface area contributed by atoms with Gasteiger partial charge in [0.1, 0.15) is 0 Å². The quantitative estimate of drug-likeness (QED) is 0.526. The molecule has 0 bridgehead atoms. The molecule has 0 spiro atoms. The van der Waals surface area contributed by atoms with Crippen LogP contribution in [0.1, 0.15) is 28.9 Å². The van der Waals surface area contributed by atoms with Crippen LogP contribution in [0.25, 0.3) is 0 Å². The van der Waals surface area contributed by atoms with Crippen LogP contribution in [0.4, 0.5) is 5.69 Å². The van der Waals surface area contributed by atoms with E-state index in [9.17, 15) is 19.2 Å². The molecule has 1 aliphatic rings. The summed E-state index contributed by atoms with van der Waals surface area (Å²) in [7, 11) is 0. The molecule has 1 fully saturated rings. The minimum atomic E-state index is -0.780. The Labute approximate surface area is 202 Å². The number of benzene rings is 2. The van der Waals surface area contributed by atoms with Crippen molar-refractivity contribution < 1.29 is 19.1 Å². The number of likely N-dealkylation sites (tertiary alicyclic amines) is 1. The molecule has 0 aliphatic carbocycles. The van der Waals surface area contributed by atoms with Crippen LogP contribution in [-0.2, 0) is 20.9 Å². The molecule has 0 atom stereocenters. The Morgan fingerprint density at radius 2 is 1.57 bits per heavy atom. The summed E-state index contributed by atoms with van der Waals surface area (Å²) in [6.45, 7) is 0.596. The molecule has 2 aromatic carbocycles. The van der Waals surface area contributed by atoms with E-state index >= 15 is 0 Å². The first kappa shape index (κ1) is 23.9. The number of para-hydroxylation sites is 1. The molecule has 9 nitrogen and oxygen atoms in total. The van der Waals surface area contributed by atoms with Gasteiger partial charge in [0.15, 0.2) is 12.3 Å². The van der Waals surface area contributed by atoms with Gasteiger partial charge in [0.05, 0.1) is 6.54 Å². The molecule has 0 unspecified atom stereocenters. The summed E-state index contributed by atoms with van der Waals surface area (Å²) < 4.78 is 6.33. The first-order valence-electron chi connectivity index (χ1n) is 11.4. The van der Waals surface area contributed by atoms with Crippen LogP contribution in [0.15, 0.2) is 77.6 Å². The van der Waals surface area contributed by atoms with Gasteiger partial charge in [-0.3, -0.25) is 14.4 Å². The van der Waals surface area contributed by atoms with Gasteiger partial charge in [0.2, 0.25) is 5.91 Å². The van der Waals surface area contributed by atoms with E-state index in [1.54, 1.807) is 4.90 Å². The van der Waals surface area contributed by atoms with Gasteiger partial charge in [0.25, 0.3) is 11.5 Å². The highest BCUT2D eigenvalue weighted by Gasteiger charge is 2.28. The average Bonchev–Trinajstić information content (AvgIpc) is 2.89. The van der Waals surface area contributed by atoms with E-state index in [0.29, 0.717) is 25.9 Å². The van der Waals surface area contributed by atoms with Gasteiger partial charge >= 0.3 is 5.97 Å². The Morgan fingerprint density at radius 1 is 0.914 bits per heavy atom. The lowest BCUT2D eigenvalue weighted by Crippen LogP contribution is -2.43. The van der Waals surface area contributed by atoms with E-state index in [4.69, 9.17) is 4.74 Å². The lowest BCUT2D eigenvalue weighted by molar-refractivity contribution is -0.137. The van der Waals surface area contributed by atoms with Crippen molar-refractivity contribution in [2.75, 3.05) is 25.0 Å². The zero-order chi connectivity index (χ0) is 24.6.